The van der Waals surface area contributed by atoms with Crippen molar-refractivity contribution in [3.05, 3.63) is 0 Å². The maximum atomic E-state index is 5.11. The summed E-state index contributed by atoms with van der Waals surface area (Å²) in [6, 6.07) is 0. The molecule has 0 aromatic rings. The summed E-state index contributed by atoms with van der Waals surface area (Å²) in [6.45, 7) is 7.86. The Morgan fingerprint density at radius 3 is 3.00 bits per heavy atom. The lowest BCUT2D eigenvalue weighted by Crippen LogP contribution is -2.38. The predicted molar refractivity (Wildman–Crippen MR) is 64.1 cm³/mol. The number of nitrogens with one attached hydrogen (secondary N) is 1. The van der Waals surface area contributed by atoms with Gasteiger partial charge in [-0.2, -0.15) is 0 Å². The molecule has 1 N–H and O–H groups in total. The Balaban J connectivity index is 2.03. The molecule has 15 heavy (non-hydrogen) atoms. The van der Waals surface area contributed by atoms with Crippen molar-refractivity contribution in [3.63, 3.8) is 0 Å². The first-order valence-corrected chi connectivity index (χ1v) is 6.10. The highest BCUT2D eigenvalue weighted by atomic mass is 16.5. The summed E-state index contributed by atoms with van der Waals surface area (Å²) in [5, 5.41) is 3.55. The summed E-state index contributed by atoms with van der Waals surface area (Å²) >= 11 is 0. The molecular weight excluding hydrogens is 188 g/mol. The van der Waals surface area contributed by atoms with E-state index >= 15 is 0 Å². The summed E-state index contributed by atoms with van der Waals surface area (Å²) in [5.74, 6) is 1.47. The van der Waals surface area contributed by atoms with E-state index in [2.05, 4.69) is 24.2 Å². The zero-order valence-corrected chi connectivity index (χ0v) is 10.5. The van der Waals surface area contributed by atoms with Gasteiger partial charge >= 0.3 is 0 Å². The Kier molecular flexibility index (Phi) is 6.22. The Bertz CT molecular complexity index is 164. The summed E-state index contributed by atoms with van der Waals surface area (Å²) in [7, 11) is 3.99. The molecule has 0 radical (unpaired) electrons. The molecule has 0 aromatic heterocycles. The van der Waals surface area contributed by atoms with Crippen LogP contribution < -0.4 is 5.32 Å². The Labute approximate surface area is 94.2 Å². The van der Waals surface area contributed by atoms with Crippen LogP contribution in [0.15, 0.2) is 0 Å². The molecule has 0 aliphatic carbocycles. The van der Waals surface area contributed by atoms with E-state index in [9.17, 15) is 0 Å². The van der Waals surface area contributed by atoms with E-state index in [4.69, 9.17) is 4.74 Å². The highest BCUT2D eigenvalue weighted by Gasteiger charge is 2.16. The molecule has 2 atom stereocenters. The van der Waals surface area contributed by atoms with E-state index in [1.807, 2.05) is 0 Å². The van der Waals surface area contributed by atoms with E-state index in [0.29, 0.717) is 5.92 Å². The molecule has 0 amide bonds. The Hall–Kier alpha value is -0.120. The maximum Gasteiger partial charge on any atom is 0.0499 e. The van der Waals surface area contributed by atoms with E-state index in [-0.39, 0.29) is 0 Å². The molecular formula is C12H26N2O. The zero-order valence-electron chi connectivity index (χ0n) is 10.5. The smallest absolute Gasteiger partial charge is 0.0499 e. The van der Waals surface area contributed by atoms with Crippen LogP contribution in [0.1, 0.15) is 19.8 Å². The van der Waals surface area contributed by atoms with Crippen LogP contribution in [0.25, 0.3) is 0 Å². The lowest BCUT2D eigenvalue weighted by Gasteiger charge is -2.30. The first-order valence-electron chi connectivity index (χ1n) is 6.10. The topological polar surface area (TPSA) is 24.5 Å². The van der Waals surface area contributed by atoms with Gasteiger partial charge in [0.25, 0.3) is 0 Å². The van der Waals surface area contributed by atoms with Gasteiger partial charge in [0, 0.05) is 20.3 Å². The summed E-state index contributed by atoms with van der Waals surface area (Å²) < 4.78 is 5.11. The highest BCUT2D eigenvalue weighted by Crippen LogP contribution is 2.13. The van der Waals surface area contributed by atoms with Crippen molar-refractivity contribution in [3.8, 4) is 0 Å². The van der Waals surface area contributed by atoms with Crippen molar-refractivity contribution >= 4 is 0 Å². The molecule has 1 aliphatic heterocycles. The van der Waals surface area contributed by atoms with Crippen LogP contribution in [-0.4, -0.2) is 51.8 Å². The molecule has 90 valence electrons. The molecule has 1 rings (SSSR count). The van der Waals surface area contributed by atoms with Gasteiger partial charge < -0.3 is 15.0 Å². The molecule has 0 spiro atoms. The number of rotatable bonds is 6. The average molecular weight is 214 g/mol. The summed E-state index contributed by atoms with van der Waals surface area (Å²) in [4.78, 5) is 2.44. The van der Waals surface area contributed by atoms with Crippen molar-refractivity contribution in [1.29, 1.82) is 0 Å². The fourth-order valence-corrected chi connectivity index (χ4v) is 2.32. The minimum atomic E-state index is 0.622. The fourth-order valence-electron chi connectivity index (χ4n) is 2.32. The van der Waals surface area contributed by atoms with Gasteiger partial charge in [0.05, 0.1) is 0 Å². The number of hydrogen-bond acceptors (Lipinski definition) is 3. The number of likely N-dealkylation sites (tertiary alicyclic amines) is 1. The van der Waals surface area contributed by atoms with Gasteiger partial charge in [0.2, 0.25) is 0 Å². The molecule has 3 nitrogen and oxygen atoms in total. The van der Waals surface area contributed by atoms with Crippen LogP contribution in [0.2, 0.25) is 0 Å². The molecule has 0 aromatic carbocycles. The van der Waals surface area contributed by atoms with Crippen LogP contribution >= 0.6 is 0 Å². The van der Waals surface area contributed by atoms with Gasteiger partial charge in [-0.25, -0.2) is 0 Å². The largest absolute Gasteiger partial charge is 0.384 e. The molecule has 2 unspecified atom stereocenters. The minimum absolute atomic E-state index is 0.622. The predicted octanol–water partition coefficient (Wildman–Crippen LogP) is 1.20. The van der Waals surface area contributed by atoms with Gasteiger partial charge in [-0.3, -0.25) is 0 Å². The number of piperidine rings is 1. The quantitative estimate of drug-likeness (QED) is 0.719. The first-order chi connectivity index (χ1) is 7.22. The van der Waals surface area contributed by atoms with Crippen LogP contribution in [0.5, 0.6) is 0 Å². The number of ether oxygens (including phenoxy) is 1. The van der Waals surface area contributed by atoms with E-state index < -0.39 is 0 Å². The van der Waals surface area contributed by atoms with Crippen molar-refractivity contribution in [1.82, 2.24) is 10.2 Å². The second kappa shape index (κ2) is 7.20. The van der Waals surface area contributed by atoms with Crippen molar-refractivity contribution < 1.29 is 4.74 Å². The zero-order chi connectivity index (χ0) is 11.1. The molecule has 1 saturated heterocycles. The maximum absolute atomic E-state index is 5.11. The Morgan fingerprint density at radius 1 is 1.53 bits per heavy atom. The third-order valence-electron chi connectivity index (χ3n) is 3.10. The van der Waals surface area contributed by atoms with Crippen molar-refractivity contribution in [2.75, 3.05) is 46.9 Å². The Morgan fingerprint density at radius 2 is 2.33 bits per heavy atom. The van der Waals surface area contributed by atoms with Crippen LogP contribution in [0.3, 0.4) is 0 Å². The van der Waals surface area contributed by atoms with E-state index in [0.717, 1.165) is 19.1 Å². The monoisotopic (exact) mass is 214 g/mol. The molecule has 0 saturated carbocycles. The van der Waals surface area contributed by atoms with Crippen LogP contribution in [0, 0.1) is 11.8 Å². The number of hydrogen-bond donors (Lipinski definition) is 1. The minimum Gasteiger partial charge on any atom is -0.384 e. The van der Waals surface area contributed by atoms with E-state index in [1.54, 1.807) is 7.11 Å². The lowest BCUT2D eigenvalue weighted by molar-refractivity contribution is 0.155. The van der Waals surface area contributed by atoms with Gasteiger partial charge in [0.1, 0.15) is 0 Å². The van der Waals surface area contributed by atoms with Gasteiger partial charge in [-0.1, -0.05) is 6.92 Å². The summed E-state index contributed by atoms with van der Waals surface area (Å²) in [6.07, 6.45) is 2.74. The van der Waals surface area contributed by atoms with Gasteiger partial charge in [0.15, 0.2) is 0 Å². The number of nitrogens with zero attached hydrogens (tertiary/aromatic N) is 1. The molecule has 1 heterocycles. The molecule has 1 fully saturated rings. The third kappa shape index (κ3) is 5.50. The second-order valence-electron chi connectivity index (χ2n) is 4.99. The third-order valence-corrected chi connectivity index (χ3v) is 3.10. The normalized spacial score (nSPS) is 25.4. The SMILES string of the molecule is COCC(C)CNCC1CCCN(C)C1. The van der Waals surface area contributed by atoms with Crippen molar-refractivity contribution in [2.24, 2.45) is 11.8 Å². The first kappa shape index (κ1) is 12.9. The fraction of sp³-hybridized carbons (Fsp3) is 1.00. The number of methoxy groups -OCH3 is 1. The molecule has 3 heteroatoms. The summed E-state index contributed by atoms with van der Waals surface area (Å²) in [5.41, 5.74) is 0. The lowest BCUT2D eigenvalue weighted by atomic mass is 9.98. The van der Waals surface area contributed by atoms with Gasteiger partial charge in [-0.15, -0.1) is 0 Å². The average Bonchev–Trinajstić information content (AvgIpc) is 2.18. The highest BCUT2D eigenvalue weighted by molar-refractivity contribution is 4.72. The van der Waals surface area contributed by atoms with Crippen molar-refractivity contribution in [2.45, 2.75) is 19.8 Å². The second-order valence-corrected chi connectivity index (χ2v) is 4.99. The standard InChI is InChI=1S/C12H26N2O/c1-11(10-15-3)7-13-8-12-5-4-6-14(2)9-12/h11-13H,4-10H2,1-3H3. The van der Waals surface area contributed by atoms with Gasteiger partial charge in [-0.05, 0) is 51.4 Å². The van der Waals surface area contributed by atoms with Crippen LogP contribution in [-0.2, 0) is 4.74 Å². The van der Waals surface area contributed by atoms with Crippen LogP contribution in [0.4, 0.5) is 0 Å². The molecule has 1 aliphatic rings. The van der Waals surface area contributed by atoms with E-state index in [1.165, 1.54) is 32.5 Å². The molecule has 0 bridgehead atoms.